The number of amides is 1. The molecule has 2 fully saturated rings. The van der Waals surface area contributed by atoms with Crippen molar-refractivity contribution < 1.29 is 26.7 Å². The molecule has 36 heavy (non-hydrogen) atoms. The fourth-order valence-corrected chi connectivity index (χ4v) is 6.09. The van der Waals surface area contributed by atoms with E-state index in [0.29, 0.717) is 26.1 Å². The second-order valence-corrected chi connectivity index (χ2v) is 10.5. The van der Waals surface area contributed by atoms with Crippen LogP contribution in [0.3, 0.4) is 0 Å². The van der Waals surface area contributed by atoms with E-state index in [1.54, 1.807) is 4.90 Å². The largest absolute Gasteiger partial charge is 0.383 e. The van der Waals surface area contributed by atoms with Crippen molar-refractivity contribution in [3.63, 3.8) is 0 Å². The number of aromatic nitrogens is 1. The lowest BCUT2D eigenvalue weighted by molar-refractivity contribution is -0.112. The highest BCUT2D eigenvalue weighted by Crippen LogP contribution is 2.31. The van der Waals surface area contributed by atoms with Crippen LogP contribution in [-0.4, -0.2) is 80.3 Å². The molecule has 2 saturated heterocycles. The van der Waals surface area contributed by atoms with Crippen molar-refractivity contribution in [2.24, 2.45) is 10.7 Å². The number of ether oxygens (including phenoxy) is 1. The quantitative estimate of drug-likeness (QED) is 0.236. The van der Waals surface area contributed by atoms with E-state index in [4.69, 9.17) is 15.9 Å². The Morgan fingerprint density at radius 3 is 2.50 bits per heavy atom. The molecular weight excluding hydrogens is 498 g/mol. The van der Waals surface area contributed by atoms with Crippen molar-refractivity contribution in [3.8, 4) is 0 Å². The van der Waals surface area contributed by atoms with Gasteiger partial charge < -0.3 is 26.0 Å². The molecule has 0 radical (unpaired) electrons. The average Bonchev–Trinajstić information content (AvgIpc) is 2.86. The van der Waals surface area contributed by atoms with Crippen LogP contribution >= 0.6 is 0 Å². The maximum Gasteiger partial charge on any atom is 0.263 e. The van der Waals surface area contributed by atoms with E-state index >= 15 is 0 Å². The third-order valence-corrected chi connectivity index (χ3v) is 8.42. The van der Waals surface area contributed by atoms with Crippen LogP contribution in [0.2, 0.25) is 0 Å². The Labute approximate surface area is 206 Å². The average molecular weight is 525 g/mol. The minimum Gasteiger partial charge on any atom is -0.383 e. The molecule has 1 amide bonds. The number of hydrogen-bond acceptors (Lipinski definition) is 9. The van der Waals surface area contributed by atoms with Gasteiger partial charge in [0, 0.05) is 45.6 Å². The second kappa shape index (κ2) is 10.7. The summed E-state index contributed by atoms with van der Waals surface area (Å²) in [5.41, 5.74) is 5.20. The summed E-state index contributed by atoms with van der Waals surface area (Å²) < 4.78 is 60.8. The molecule has 12 nitrogen and oxygen atoms in total. The number of halogens is 2. The first-order valence-electron chi connectivity index (χ1n) is 11.2. The number of carbonyl (C=O) groups is 1. The third-order valence-electron chi connectivity index (χ3n) is 6.02. The number of carbonyl (C=O) groups excluding carboxylic acids is 1. The zero-order valence-corrected chi connectivity index (χ0v) is 20.0. The van der Waals surface area contributed by atoms with Gasteiger partial charge in [-0.25, -0.2) is 22.2 Å². The van der Waals surface area contributed by atoms with Crippen molar-refractivity contribution in [1.82, 2.24) is 14.6 Å². The molecule has 0 bridgehead atoms. The lowest BCUT2D eigenvalue weighted by atomic mass is 10.2. The highest BCUT2D eigenvalue weighted by Gasteiger charge is 2.36. The van der Waals surface area contributed by atoms with Crippen LogP contribution in [0.1, 0.15) is 12.8 Å². The molecule has 15 heteroatoms. The topological polar surface area (TPSA) is 166 Å². The number of nitrogens with two attached hydrogens (primary N) is 1. The van der Waals surface area contributed by atoms with Crippen LogP contribution in [0.4, 0.5) is 20.2 Å². The predicted molar refractivity (Wildman–Crippen MR) is 129 cm³/mol. The Kier molecular flexibility index (Phi) is 7.61. The van der Waals surface area contributed by atoms with E-state index in [0.717, 1.165) is 18.6 Å². The number of aliphatic imine (C=N–C) groups is 1. The number of pyridine rings is 1. The maximum absolute atomic E-state index is 14.9. The second-order valence-electron chi connectivity index (χ2n) is 8.28. The monoisotopic (exact) mass is 524 g/mol. The standard InChI is InChI=1S/C21H26F2N8O4S/c22-13-9-27-20(28-10-13)17(19(24)25)21(32)29-16-12-26-11-15(23)18(16)30-3-5-31(6-4-30)36(33,34)14-1-7-35-8-2-14/h9-12,14,27H,1-8H2,(H3,24,25)(H,29,32). The molecule has 1 aromatic rings. The number of piperazine rings is 1. The van der Waals surface area contributed by atoms with Crippen molar-refractivity contribution in [2.75, 3.05) is 49.6 Å². The van der Waals surface area contributed by atoms with E-state index in [-0.39, 0.29) is 48.9 Å². The number of nitrogens with one attached hydrogen (secondary N) is 3. The van der Waals surface area contributed by atoms with Gasteiger partial charge in [0.25, 0.3) is 5.91 Å². The SMILES string of the molecule is N=C(N)C(C(=O)Nc1cncc(F)c1N1CCN(S(=O)(=O)C2CCOCC2)CC1)=C1N=CC(F)=CN1. The molecule has 4 rings (SSSR count). The molecule has 0 aromatic carbocycles. The molecule has 3 aliphatic heterocycles. The number of amidine groups is 1. The third kappa shape index (κ3) is 5.37. The number of rotatable bonds is 6. The zero-order valence-electron chi connectivity index (χ0n) is 19.2. The molecule has 5 N–H and O–H groups in total. The van der Waals surface area contributed by atoms with Gasteiger partial charge >= 0.3 is 0 Å². The smallest absolute Gasteiger partial charge is 0.263 e. The zero-order chi connectivity index (χ0) is 25.9. The number of anilines is 2. The van der Waals surface area contributed by atoms with Crippen molar-refractivity contribution in [3.05, 3.63) is 41.6 Å². The molecule has 1 aromatic heterocycles. The van der Waals surface area contributed by atoms with E-state index in [1.165, 1.54) is 10.5 Å². The van der Waals surface area contributed by atoms with Crippen molar-refractivity contribution in [2.45, 2.75) is 18.1 Å². The van der Waals surface area contributed by atoms with Crippen LogP contribution in [0.25, 0.3) is 0 Å². The van der Waals surface area contributed by atoms with Gasteiger partial charge in [-0.3, -0.25) is 15.2 Å². The molecule has 4 heterocycles. The molecule has 0 saturated carbocycles. The van der Waals surface area contributed by atoms with Gasteiger partial charge in [0.15, 0.2) is 11.6 Å². The van der Waals surface area contributed by atoms with Crippen LogP contribution in [0, 0.1) is 11.2 Å². The van der Waals surface area contributed by atoms with E-state index in [2.05, 4.69) is 20.6 Å². The summed E-state index contributed by atoms with van der Waals surface area (Å²) in [6.07, 6.45) is 4.90. The van der Waals surface area contributed by atoms with Gasteiger partial charge in [0.05, 0.1) is 29.5 Å². The molecule has 0 unspecified atom stereocenters. The summed E-state index contributed by atoms with van der Waals surface area (Å²) >= 11 is 0. The fraction of sp³-hybridized carbons (Fsp3) is 0.429. The van der Waals surface area contributed by atoms with Crippen LogP contribution < -0.4 is 21.3 Å². The van der Waals surface area contributed by atoms with Crippen LogP contribution in [0.15, 0.2) is 40.8 Å². The first-order valence-corrected chi connectivity index (χ1v) is 12.7. The summed E-state index contributed by atoms with van der Waals surface area (Å²) in [5.74, 6) is -3.08. The first-order chi connectivity index (χ1) is 17.2. The van der Waals surface area contributed by atoms with E-state index in [1.807, 2.05) is 0 Å². The van der Waals surface area contributed by atoms with Crippen LogP contribution in [-0.2, 0) is 19.6 Å². The molecule has 0 spiro atoms. The summed E-state index contributed by atoms with van der Waals surface area (Å²) in [6.45, 7) is 1.47. The van der Waals surface area contributed by atoms with Crippen molar-refractivity contribution >= 4 is 39.4 Å². The Hall–Kier alpha value is -3.43. The number of hydrogen-bond donors (Lipinski definition) is 4. The minimum atomic E-state index is -3.51. The number of allylic oxidation sites excluding steroid dienone is 1. The van der Waals surface area contributed by atoms with Crippen molar-refractivity contribution in [1.29, 1.82) is 5.41 Å². The van der Waals surface area contributed by atoms with E-state index < -0.39 is 38.7 Å². The molecule has 194 valence electrons. The Balaban J connectivity index is 1.52. The summed E-state index contributed by atoms with van der Waals surface area (Å²) in [6, 6.07) is 0. The normalized spacial score (nSPS) is 20.9. The Morgan fingerprint density at radius 2 is 1.89 bits per heavy atom. The van der Waals surface area contributed by atoms with Gasteiger partial charge in [-0.05, 0) is 12.8 Å². The van der Waals surface area contributed by atoms with Gasteiger partial charge in [-0.15, -0.1) is 0 Å². The first kappa shape index (κ1) is 25.7. The van der Waals surface area contributed by atoms with Gasteiger partial charge in [0.1, 0.15) is 22.9 Å². The summed E-state index contributed by atoms with van der Waals surface area (Å²) in [7, 11) is -3.51. The Bertz CT molecular complexity index is 1240. The Morgan fingerprint density at radius 1 is 1.19 bits per heavy atom. The molecule has 3 aliphatic rings. The fourth-order valence-electron chi connectivity index (χ4n) is 4.21. The lowest BCUT2D eigenvalue weighted by Gasteiger charge is -2.38. The highest BCUT2D eigenvalue weighted by molar-refractivity contribution is 7.89. The lowest BCUT2D eigenvalue weighted by Crippen LogP contribution is -2.52. The number of sulfonamides is 1. The van der Waals surface area contributed by atoms with Gasteiger partial charge in [0.2, 0.25) is 10.0 Å². The van der Waals surface area contributed by atoms with Gasteiger partial charge in [-0.1, -0.05) is 0 Å². The van der Waals surface area contributed by atoms with E-state index in [9.17, 15) is 22.0 Å². The highest BCUT2D eigenvalue weighted by atomic mass is 32.2. The maximum atomic E-state index is 14.9. The predicted octanol–water partition coefficient (Wildman–Crippen LogP) is 0.422. The molecule has 0 atom stereocenters. The van der Waals surface area contributed by atoms with Gasteiger partial charge in [-0.2, -0.15) is 4.31 Å². The minimum absolute atomic E-state index is 0.00148. The number of nitrogens with zero attached hydrogens (tertiary/aromatic N) is 4. The summed E-state index contributed by atoms with van der Waals surface area (Å²) in [5, 5.41) is 12.2. The molecule has 0 aliphatic carbocycles. The summed E-state index contributed by atoms with van der Waals surface area (Å²) in [4.78, 5) is 22.1. The van der Waals surface area contributed by atoms with Crippen LogP contribution in [0.5, 0.6) is 0 Å². The molecular formula is C21H26F2N8O4S.